The standard InChI is InChI=1S/C13H16O/c1-10(9-14)8-11-2-4-12(5-3-11)13-6-7-13/h2-5,9-10,13H,6-8H2,1H3/t10-/m1/s1. The molecule has 74 valence electrons. The van der Waals surface area contributed by atoms with Crippen LogP contribution in [0.15, 0.2) is 24.3 Å². The van der Waals surface area contributed by atoms with E-state index in [9.17, 15) is 4.79 Å². The third kappa shape index (κ3) is 2.22. The number of carbonyl (C=O) groups excluding carboxylic acids is 1. The Hall–Kier alpha value is -1.11. The molecule has 0 aliphatic heterocycles. The molecule has 0 aromatic heterocycles. The summed E-state index contributed by atoms with van der Waals surface area (Å²) in [4.78, 5) is 10.5. The molecular formula is C13H16O. The highest BCUT2D eigenvalue weighted by Gasteiger charge is 2.22. The Bertz CT molecular complexity index is 309. The fourth-order valence-electron chi connectivity index (χ4n) is 1.76. The zero-order chi connectivity index (χ0) is 9.97. The van der Waals surface area contributed by atoms with Crippen molar-refractivity contribution in [3.05, 3.63) is 35.4 Å². The summed E-state index contributed by atoms with van der Waals surface area (Å²) < 4.78 is 0. The van der Waals surface area contributed by atoms with Crippen LogP contribution in [0.25, 0.3) is 0 Å². The van der Waals surface area contributed by atoms with E-state index in [1.807, 2.05) is 6.92 Å². The number of hydrogen-bond donors (Lipinski definition) is 0. The Kier molecular flexibility index (Phi) is 2.67. The number of hydrogen-bond acceptors (Lipinski definition) is 1. The Morgan fingerprint density at radius 1 is 1.36 bits per heavy atom. The molecule has 1 aromatic rings. The minimum atomic E-state index is 0.141. The molecular weight excluding hydrogens is 172 g/mol. The van der Waals surface area contributed by atoms with E-state index in [1.54, 1.807) is 0 Å². The van der Waals surface area contributed by atoms with Crippen LogP contribution < -0.4 is 0 Å². The quantitative estimate of drug-likeness (QED) is 0.664. The zero-order valence-electron chi connectivity index (χ0n) is 8.57. The Morgan fingerprint density at radius 3 is 2.50 bits per heavy atom. The van der Waals surface area contributed by atoms with Crippen molar-refractivity contribution >= 4 is 6.29 Å². The molecule has 0 radical (unpaired) electrons. The van der Waals surface area contributed by atoms with Crippen LogP contribution in [0.2, 0.25) is 0 Å². The molecule has 1 heteroatoms. The predicted octanol–water partition coefficient (Wildman–Crippen LogP) is 2.94. The lowest BCUT2D eigenvalue weighted by atomic mass is 10.0. The first-order valence-corrected chi connectivity index (χ1v) is 5.33. The van der Waals surface area contributed by atoms with Crippen molar-refractivity contribution in [3.63, 3.8) is 0 Å². The van der Waals surface area contributed by atoms with Gasteiger partial charge in [0, 0.05) is 5.92 Å². The first-order chi connectivity index (χ1) is 6.79. The molecule has 1 aliphatic rings. The second kappa shape index (κ2) is 3.95. The molecule has 0 amide bonds. The minimum absolute atomic E-state index is 0.141. The third-order valence-electron chi connectivity index (χ3n) is 2.82. The molecule has 0 N–H and O–H groups in total. The number of carbonyl (C=O) groups is 1. The summed E-state index contributed by atoms with van der Waals surface area (Å²) in [6.45, 7) is 1.96. The summed E-state index contributed by atoms with van der Waals surface area (Å²) in [7, 11) is 0. The fourth-order valence-corrected chi connectivity index (χ4v) is 1.76. The van der Waals surface area contributed by atoms with E-state index >= 15 is 0 Å². The maximum absolute atomic E-state index is 10.5. The lowest BCUT2D eigenvalue weighted by Crippen LogP contribution is -2.00. The Labute approximate surface area is 85.1 Å². The summed E-state index contributed by atoms with van der Waals surface area (Å²) in [6.07, 6.45) is 4.59. The SMILES string of the molecule is C[C@@H](C=O)Cc1ccc(C2CC2)cc1. The van der Waals surface area contributed by atoms with Crippen molar-refractivity contribution < 1.29 is 4.79 Å². The van der Waals surface area contributed by atoms with E-state index in [0.717, 1.165) is 18.6 Å². The van der Waals surface area contributed by atoms with E-state index in [2.05, 4.69) is 24.3 Å². The summed E-state index contributed by atoms with van der Waals surface area (Å²) in [6, 6.07) is 8.75. The van der Waals surface area contributed by atoms with Crippen molar-refractivity contribution in [1.29, 1.82) is 0 Å². The Morgan fingerprint density at radius 2 is 2.00 bits per heavy atom. The first kappa shape index (κ1) is 9.45. The van der Waals surface area contributed by atoms with E-state index in [4.69, 9.17) is 0 Å². The first-order valence-electron chi connectivity index (χ1n) is 5.33. The molecule has 2 rings (SSSR count). The lowest BCUT2D eigenvalue weighted by Gasteiger charge is -2.04. The zero-order valence-corrected chi connectivity index (χ0v) is 8.57. The van der Waals surface area contributed by atoms with E-state index < -0.39 is 0 Å². The average Bonchev–Trinajstić information content (AvgIpc) is 3.02. The topological polar surface area (TPSA) is 17.1 Å². The van der Waals surface area contributed by atoms with Crippen LogP contribution in [0.3, 0.4) is 0 Å². The van der Waals surface area contributed by atoms with Crippen molar-refractivity contribution in [3.8, 4) is 0 Å². The van der Waals surface area contributed by atoms with Gasteiger partial charge in [0.1, 0.15) is 6.29 Å². The minimum Gasteiger partial charge on any atom is -0.303 e. The molecule has 1 atom stereocenters. The van der Waals surface area contributed by atoms with Crippen LogP contribution in [-0.4, -0.2) is 6.29 Å². The molecule has 0 heterocycles. The average molecular weight is 188 g/mol. The van der Waals surface area contributed by atoms with Crippen LogP contribution in [0.4, 0.5) is 0 Å². The van der Waals surface area contributed by atoms with Crippen molar-refractivity contribution in [1.82, 2.24) is 0 Å². The van der Waals surface area contributed by atoms with Gasteiger partial charge in [-0.2, -0.15) is 0 Å². The van der Waals surface area contributed by atoms with Gasteiger partial charge >= 0.3 is 0 Å². The van der Waals surface area contributed by atoms with Crippen LogP contribution in [0.1, 0.15) is 36.8 Å². The molecule has 1 saturated carbocycles. The van der Waals surface area contributed by atoms with Crippen molar-refractivity contribution in [2.24, 2.45) is 5.92 Å². The third-order valence-corrected chi connectivity index (χ3v) is 2.82. The second-order valence-electron chi connectivity index (χ2n) is 4.33. The van der Waals surface area contributed by atoms with E-state index in [-0.39, 0.29) is 5.92 Å². The lowest BCUT2D eigenvalue weighted by molar-refractivity contribution is -0.110. The van der Waals surface area contributed by atoms with Gasteiger partial charge in [-0.15, -0.1) is 0 Å². The molecule has 0 unspecified atom stereocenters. The summed E-state index contributed by atoms with van der Waals surface area (Å²) in [5.74, 6) is 0.967. The van der Waals surface area contributed by atoms with Gasteiger partial charge in [-0.25, -0.2) is 0 Å². The molecule has 1 fully saturated rings. The Balaban J connectivity index is 2.01. The van der Waals surface area contributed by atoms with Gasteiger partial charge in [-0.3, -0.25) is 0 Å². The molecule has 1 aliphatic carbocycles. The molecule has 14 heavy (non-hydrogen) atoms. The smallest absolute Gasteiger partial charge is 0.123 e. The normalized spacial score (nSPS) is 17.8. The van der Waals surface area contributed by atoms with Gasteiger partial charge in [-0.05, 0) is 36.3 Å². The largest absolute Gasteiger partial charge is 0.303 e. The van der Waals surface area contributed by atoms with Crippen molar-refractivity contribution in [2.75, 3.05) is 0 Å². The van der Waals surface area contributed by atoms with E-state index in [1.165, 1.54) is 24.0 Å². The maximum Gasteiger partial charge on any atom is 0.123 e. The van der Waals surface area contributed by atoms with Crippen LogP contribution in [0.5, 0.6) is 0 Å². The van der Waals surface area contributed by atoms with Gasteiger partial charge in [0.15, 0.2) is 0 Å². The highest BCUT2D eigenvalue weighted by molar-refractivity contribution is 5.53. The second-order valence-corrected chi connectivity index (χ2v) is 4.33. The van der Waals surface area contributed by atoms with Gasteiger partial charge in [-0.1, -0.05) is 31.2 Å². The van der Waals surface area contributed by atoms with Crippen molar-refractivity contribution in [2.45, 2.75) is 32.1 Å². The summed E-state index contributed by atoms with van der Waals surface area (Å²) in [5.41, 5.74) is 2.74. The molecule has 0 saturated heterocycles. The number of benzene rings is 1. The molecule has 0 spiro atoms. The highest BCUT2D eigenvalue weighted by Crippen LogP contribution is 2.39. The number of rotatable bonds is 4. The number of aldehydes is 1. The van der Waals surface area contributed by atoms with Crippen LogP contribution in [0, 0.1) is 5.92 Å². The molecule has 1 aromatic carbocycles. The van der Waals surface area contributed by atoms with E-state index in [0.29, 0.717) is 0 Å². The fraction of sp³-hybridized carbons (Fsp3) is 0.462. The van der Waals surface area contributed by atoms with Gasteiger partial charge in [0.05, 0.1) is 0 Å². The van der Waals surface area contributed by atoms with Gasteiger partial charge in [0.25, 0.3) is 0 Å². The molecule has 1 nitrogen and oxygen atoms in total. The summed E-state index contributed by atoms with van der Waals surface area (Å²) in [5, 5.41) is 0. The highest BCUT2D eigenvalue weighted by atomic mass is 16.1. The van der Waals surface area contributed by atoms with Crippen LogP contribution in [-0.2, 0) is 11.2 Å². The summed E-state index contributed by atoms with van der Waals surface area (Å²) >= 11 is 0. The monoisotopic (exact) mass is 188 g/mol. The van der Waals surface area contributed by atoms with Gasteiger partial charge in [0.2, 0.25) is 0 Å². The predicted molar refractivity (Wildman–Crippen MR) is 57.3 cm³/mol. The maximum atomic E-state index is 10.5. The van der Waals surface area contributed by atoms with Crippen LogP contribution >= 0.6 is 0 Å². The molecule has 0 bridgehead atoms. The van der Waals surface area contributed by atoms with Gasteiger partial charge < -0.3 is 4.79 Å².